The average Bonchev–Trinajstić information content (AvgIpc) is 2.28. The maximum atomic E-state index is 6.32. The Hall–Kier alpha value is -0.830. The minimum Gasteiger partial charge on any atom is -0.373 e. The molecule has 2 atom stereocenters. The molecule has 0 N–H and O–H groups in total. The summed E-state index contributed by atoms with van der Waals surface area (Å²) in [7, 11) is 0. The Balaban J connectivity index is 1.94. The number of morpholine rings is 1. The molecule has 0 saturated carbocycles. The zero-order chi connectivity index (χ0) is 13.0. The van der Waals surface area contributed by atoms with Gasteiger partial charge in [-0.2, -0.15) is 0 Å². The van der Waals surface area contributed by atoms with Crippen LogP contribution in [0.2, 0.25) is 0 Å². The Kier molecular flexibility index (Phi) is 4.81. The monoisotopic (exact) mass is 265 g/mol. The molecule has 0 bridgehead atoms. The van der Waals surface area contributed by atoms with Crippen LogP contribution in [-0.2, 0) is 4.74 Å². The topological polar surface area (TPSA) is 12.5 Å². The van der Waals surface area contributed by atoms with Crippen molar-refractivity contribution in [1.29, 1.82) is 0 Å². The largest absolute Gasteiger partial charge is 0.373 e. The summed E-state index contributed by atoms with van der Waals surface area (Å²) in [6.45, 7) is 6.91. The molecule has 2 unspecified atom stereocenters. The minimum atomic E-state index is 0.287. The molecule has 3 heteroatoms. The fourth-order valence-electron chi connectivity index (χ4n) is 2.40. The van der Waals surface area contributed by atoms with Gasteiger partial charge in [-0.15, -0.1) is 0 Å². The summed E-state index contributed by atoms with van der Waals surface area (Å²) in [6, 6.07) is 10.2. The molecular formula is C15H20ClNO. The number of rotatable bonds is 3. The third kappa shape index (κ3) is 4.13. The SMILES string of the molecule is CC1CN(C/C(Cl)=C/c2ccccc2)CC(C)O1. The van der Waals surface area contributed by atoms with Gasteiger partial charge in [0.15, 0.2) is 0 Å². The van der Waals surface area contributed by atoms with E-state index < -0.39 is 0 Å². The quantitative estimate of drug-likeness (QED) is 0.831. The molecule has 0 spiro atoms. The van der Waals surface area contributed by atoms with Gasteiger partial charge in [-0.25, -0.2) is 0 Å². The molecular weight excluding hydrogens is 246 g/mol. The normalized spacial score (nSPS) is 26.3. The lowest BCUT2D eigenvalue weighted by molar-refractivity contribution is -0.0648. The second-order valence-electron chi connectivity index (χ2n) is 4.95. The van der Waals surface area contributed by atoms with Gasteiger partial charge in [0, 0.05) is 24.7 Å². The van der Waals surface area contributed by atoms with Gasteiger partial charge < -0.3 is 4.74 Å². The van der Waals surface area contributed by atoms with E-state index in [1.807, 2.05) is 24.3 Å². The molecule has 1 fully saturated rings. The molecule has 18 heavy (non-hydrogen) atoms. The molecule has 0 amide bonds. The standard InChI is InChI=1S/C15H20ClNO/c1-12-9-17(10-13(2)18-12)11-15(16)8-14-6-4-3-5-7-14/h3-8,12-13H,9-11H2,1-2H3/b15-8-. The van der Waals surface area contributed by atoms with Gasteiger partial charge >= 0.3 is 0 Å². The Morgan fingerprint density at radius 2 is 1.89 bits per heavy atom. The van der Waals surface area contributed by atoms with E-state index >= 15 is 0 Å². The lowest BCUT2D eigenvalue weighted by Gasteiger charge is -2.35. The highest BCUT2D eigenvalue weighted by atomic mass is 35.5. The number of ether oxygens (including phenoxy) is 1. The van der Waals surface area contributed by atoms with Crippen LogP contribution in [-0.4, -0.2) is 36.7 Å². The van der Waals surface area contributed by atoms with Crippen molar-refractivity contribution in [2.45, 2.75) is 26.1 Å². The van der Waals surface area contributed by atoms with E-state index in [4.69, 9.17) is 16.3 Å². The van der Waals surface area contributed by atoms with Crippen LogP contribution < -0.4 is 0 Å². The van der Waals surface area contributed by atoms with Crippen LogP contribution in [0.15, 0.2) is 35.4 Å². The number of halogens is 1. The van der Waals surface area contributed by atoms with E-state index in [1.165, 1.54) is 0 Å². The molecule has 1 saturated heterocycles. The van der Waals surface area contributed by atoms with E-state index in [0.29, 0.717) is 0 Å². The Morgan fingerprint density at radius 3 is 2.50 bits per heavy atom. The molecule has 0 aliphatic carbocycles. The van der Waals surface area contributed by atoms with Crippen LogP contribution in [0, 0.1) is 0 Å². The predicted octanol–water partition coefficient (Wildman–Crippen LogP) is 3.38. The van der Waals surface area contributed by atoms with Crippen molar-refractivity contribution in [2.75, 3.05) is 19.6 Å². The van der Waals surface area contributed by atoms with Crippen molar-refractivity contribution in [3.8, 4) is 0 Å². The Morgan fingerprint density at radius 1 is 1.28 bits per heavy atom. The van der Waals surface area contributed by atoms with E-state index in [9.17, 15) is 0 Å². The number of hydrogen-bond donors (Lipinski definition) is 0. The van der Waals surface area contributed by atoms with E-state index in [0.717, 1.165) is 30.2 Å². The van der Waals surface area contributed by atoms with Gasteiger partial charge in [0.25, 0.3) is 0 Å². The number of hydrogen-bond acceptors (Lipinski definition) is 2. The molecule has 1 aromatic rings. The molecule has 2 rings (SSSR count). The van der Waals surface area contributed by atoms with Crippen molar-refractivity contribution in [3.05, 3.63) is 40.9 Å². The maximum Gasteiger partial charge on any atom is 0.0678 e. The molecule has 1 heterocycles. The van der Waals surface area contributed by atoms with Crippen molar-refractivity contribution in [2.24, 2.45) is 0 Å². The number of nitrogens with zero attached hydrogens (tertiary/aromatic N) is 1. The third-order valence-corrected chi connectivity index (χ3v) is 3.22. The van der Waals surface area contributed by atoms with Crippen LogP contribution in [0.3, 0.4) is 0 Å². The van der Waals surface area contributed by atoms with Gasteiger partial charge in [0.2, 0.25) is 0 Å². The summed E-state index contributed by atoms with van der Waals surface area (Å²) in [4.78, 5) is 2.35. The highest BCUT2D eigenvalue weighted by molar-refractivity contribution is 6.31. The lowest BCUT2D eigenvalue weighted by atomic mass is 10.2. The Labute approximate surface area is 114 Å². The van der Waals surface area contributed by atoms with E-state index in [-0.39, 0.29) is 12.2 Å². The minimum absolute atomic E-state index is 0.287. The first kappa shape index (κ1) is 13.6. The molecule has 0 aromatic heterocycles. The van der Waals surface area contributed by atoms with E-state index in [2.05, 4.69) is 30.9 Å². The van der Waals surface area contributed by atoms with Gasteiger partial charge in [0.1, 0.15) is 0 Å². The Bertz CT molecular complexity index is 394. The summed E-state index contributed by atoms with van der Waals surface area (Å²) in [5.74, 6) is 0. The summed E-state index contributed by atoms with van der Waals surface area (Å²) in [6.07, 6.45) is 2.61. The molecule has 1 aliphatic heterocycles. The molecule has 98 valence electrons. The zero-order valence-corrected chi connectivity index (χ0v) is 11.7. The average molecular weight is 266 g/mol. The molecule has 2 nitrogen and oxygen atoms in total. The van der Waals surface area contributed by atoms with Crippen LogP contribution in [0.1, 0.15) is 19.4 Å². The van der Waals surface area contributed by atoms with Gasteiger partial charge in [0.05, 0.1) is 12.2 Å². The molecule has 1 aromatic carbocycles. The van der Waals surface area contributed by atoms with Crippen molar-refractivity contribution in [3.63, 3.8) is 0 Å². The van der Waals surface area contributed by atoms with Gasteiger partial charge in [-0.3, -0.25) is 4.90 Å². The summed E-state index contributed by atoms with van der Waals surface area (Å²) >= 11 is 6.32. The zero-order valence-electron chi connectivity index (χ0n) is 11.0. The first-order valence-electron chi connectivity index (χ1n) is 6.42. The van der Waals surface area contributed by atoms with Gasteiger partial charge in [-0.05, 0) is 25.5 Å². The van der Waals surface area contributed by atoms with Gasteiger partial charge in [-0.1, -0.05) is 41.9 Å². The fourth-order valence-corrected chi connectivity index (χ4v) is 2.70. The fraction of sp³-hybridized carbons (Fsp3) is 0.467. The predicted molar refractivity (Wildman–Crippen MR) is 76.7 cm³/mol. The lowest BCUT2D eigenvalue weighted by Crippen LogP contribution is -2.45. The molecule has 1 aliphatic rings. The van der Waals surface area contributed by atoms with Crippen LogP contribution in [0.25, 0.3) is 6.08 Å². The first-order valence-corrected chi connectivity index (χ1v) is 6.80. The highest BCUT2D eigenvalue weighted by Gasteiger charge is 2.22. The van der Waals surface area contributed by atoms with Crippen LogP contribution in [0.4, 0.5) is 0 Å². The van der Waals surface area contributed by atoms with Crippen LogP contribution in [0.5, 0.6) is 0 Å². The van der Waals surface area contributed by atoms with Crippen molar-refractivity contribution < 1.29 is 4.74 Å². The second kappa shape index (κ2) is 6.37. The van der Waals surface area contributed by atoms with Crippen molar-refractivity contribution in [1.82, 2.24) is 4.90 Å². The summed E-state index contributed by atoms with van der Waals surface area (Å²) in [5.41, 5.74) is 1.15. The maximum absolute atomic E-state index is 6.32. The third-order valence-electron chi connectivity index (χ3n) is 2.99. The van der Waals surface area contributed by atoms with Crippen LogP contribution >= 0.6 is 11.6 Å². The summed E-state index contributed by atoms with van der Waals surface area (Å²) in [5, 5.41) is 0.877. The highest BCUT2D eigenvalue weighted by Crippen LogP contribution is 2.16. The second-order valence-corrected chi connectivity index (χ2v) is 5.44. The smallest absolute Gasteiger partial charge is 0.0678 e. The summed E-state index contributed by atoms with van der Waals surface area (Å²) < 4.78 is 5.71. The van der Waals surface area contributed by atoms with Crippen molar-refractivity contribution >= 4 is 17.7 Å². The first-order chi connectivity index (χ1) is 8.63. The number of benzene rings is 1. The van der Waals surface area contributed by atoms with E-state index in [1.54, 1.807) is 0 Å². The molecule has 0 radical (unpaired) electrons.